The van der Waals surface area contributed by atoms with Crippen molar-refractivity contribution in [3.63, 3.8) is 0 Å². The first-order valence-electron chi connectivity index (χ1n) is 7.38. The van der Waals surface area contributed by atoms with Crippen molar-refractivity contribution in [1.29, 1.82) is 0 Å². The van der Waals surface area contributed by atoms with Gasteiger partial charge in [-0.15, -0.1) is 0 Å². The Kier molecular flexibility index (Phi) is 7.45. The van der Waals surface area contributed by atoms with Gasteiger partial charge in [-0.1, -0.05) is 13.8 Å². The monoisotopic (exact) mass is 342 g/mol. The first-order chi connectivity index (χ1) is 9.40. The molecule has 0 aliphatic heterocycles. The number of rotatable bonds is 8. The number of hydrogen-bond donors (Lipinski definition) is 1. The van der Waals surface area contributed by atoms with Crippen LogP contribution in [0.2, 0.25) is 0 Å². The maximum Gasteiger partial charge on any atom is 0.134 e. The number of unbranched alkanes of at least 4 members (excludes halogenated alkanes) is 1. The van der Waals surface area contributed by atoms with Gasteiger partial charge >= 0.3 is 0 Å². The predicted octanol–water partition coefficient (Wildman–Crippen LogP) is 3.89. The number of halogens is 1. The molecular formula is C15H27BrN4. The quantitative estimate of drug-likeness (QED) is 0.574. The van der Waals surface area contributed by atoms with Crippen LogP contribution in [0.5, 0.6) is 0 Å². The summed E-state index contributed by atoms with van der Waals surface area (Å²) < 4.78 is 0.846. The van der Waals surface area contributed by atoms with Crippen molar-refractivity contribution in [1.82, 2.24) is 14.9 Å². The number of nitrogens with one attached hydrogen (secondary N) is 1. The maximum atomic E-state index is 4.53. The first-order valence-corrected chi connectivity index (χ1v) is 8.18. The summed E-state index contributed by atoms with van der Waals surface area (Å²) in [5, 5.41) is 3.38. The van der Waals surface area contributed by atoms with Crippen LogP contribution >= 0.6 is 15.9 Å². The normalized spacial score (nSPS) is 11.7. The minimum Gasteiger partial charge on any atom is -0.370 e. The molecule has 0 aromatic carbocycles. The minimum absolute atomic E-state index is 0.341. The molecule has 0 unspecified atom stereocenters. The Morgan fingerprint density at radius 2 is 1.90 bits per heavy atom. The van der Waals surface area contributed by atoms with E-state index in [2.05, 4.69) is 70.9 Å². The van der Waals surface area contributed by atoms with Crippen molar-refractivity contribution in [3.05, 3.63) is 16.5 Å². The van der Waals surface area contributed by atoms with E-state index in [4.69, 9.17) is 0 Å². The molecule has 20 heavy (non-hydrogen) atoms. The molecule has 4 nitrogen and oxygen atoms in total. The van der Waals surface area contributed by atoms with Crippen molar-refractivity contribution in [3.8, 4) is 0 Å². The van der Waals surface area contributed by atoms with E-state index in [-0.39, 0.29) is 0 Å². The summed E-state index contributed by atoms with van der Waals surface area (Å²) in [7, 11) is 2.18. The summed E-state index contributed by atoms with van der Waals surface area (Å²) >= 11 is 3.44. The summed E-state index contributed by atoms with van der Waals surface area (Å²) in [6.07, 6.45) is 2.35. The molecule has 0 aliphatic rings. The third-order valence-corrected chi connectivity index (χ3v) is 3.76. The molecule has 0 atom stereocenters. The Morgan fingerprint density at radius 1 is 1.20 bits per heavy atom. The van der Waals surface area contributed by atoms with Gasteiger partial charge in [0.2, 0.25) is 0 Å². The maximum absolute atomic E-state index is 4.53. The highest BCUT2D eigenvalue weighted by molar-refractivity contribution is 9.10. The van der Waals surface area contributed by atoms with Gasteiger partial charge in [-0.3, -0.25) is 0 Å². The fraction of sp³-hybridized carbons (Fsp3) is 0.733. The zero-order valence-corrected chi connectivity index (χ0v) is 14.9. The number of nitrogens with zero attached hydrogens (tertiary/aromatic N) is 3. The molecule has 0 spiro atoms. The van der Waals surface area contributed by atoms with Crippen LogP contribution in [-0.4, -0.2) is 41.0 Å². The summed E-state index contributed by atoms with van der Waals surface area (Å²) in [5.74, 6) is 2.13. The smallest absolute Gasteiger partial charge is 0.134 e. The lowest BCUT2D eigenvalue weighted by Crippen LogP contribution is -2.27. The molecule has 0 aliphatic carbocycles. The molecule has 1 rings (SSSR count). The number of aromatic nitrogens is 2. The molecule has 0 bridgehead atoms. The zero-order chi connectivity index (χ0) is 15.1. The summed E-state index contributed by atoms with van der Waals surface area (Å²) in [6.45, 7) is 10.8. The Bertz CT molecular complexity index is 407. The van der Waals surface area contributed by atoms with E-state index in [1.54, 1.807) is 0 Å². The molecule has 0 radical (unpaired) electrons. The van der Waals surface area contributed by atoms with E-state index in [0.717, 1.165) is 35.8 Å². The topological polar surface area (TPSA) is 41.1 Å². The SMILES string of the molecule is CC(C)c1nc(Br)cc(NCCCCN(C)C(C)C)n1. The van der Waals surface area contributed by atoms with Crippen molar-refractivity contribution in [2.75, 3.05) is 25.5 Å². The fourth-order valence-corrected chi connectivity index (χ4v) is 2.14. The van der Waals surface area contributed by atoms with Gasteiger partial charge in [0.05, 0.1) is 0 Å². The molecule has 0 fully saturated rings. The van der Waals surface area contributed by atoms with Crippen LogP contribution in [0.15, 0.2) is 10.7 Å². The van der Waals surface area contributed by atoms with Gasteiger partial charge < -0.3 is 10.2 Å². The second-order valence-corrected chi connectivity index (χ2v) is 6.61. The largest absolute Gasteiger partial charge is 0.370 e. The Hall–Kier alpha value is -0.680. The minimum atomic E-state index is 0.341. The first kappa shape index (κ1) is 17.4. The van der Waals surface area contributed by atoms with E-state index >= 15 is 0 Å². The van der Waals surface area contributed by atoms with Gasteiger partial charge in [0.15, 0.2) is 0 Å². The molecule has 0 saturated carbocycles. The van der Waals surface area contributed by atoms with Crippen LogP contribution in [0.25, 0.3) is 0 Å². The molecule has 5 heteroatoms. The zero-order valence-electron chi connectivity index (χ0n) is 13.3. The van der Waals surface area contributed by atoms with Crippen molar-refractivity contribution >= 4 is 21.7 Å². The van der Waals surface area contributed by atoms with Gasteiger partial charge in [0.25, 0.3) is 0 Å². The molecule has 0 amide bonds. The number of anilines is 1. The third-order valence-electron chi connectivity index (χ3n) is 3.35. The lowest BCUT2D eigenvalue weighted by Gasteiger charge is -2.20. The molecule has 1 N–H and O–H groups in total. The van der Waals surface area contributed by atoms with Gasteiger partial charge in [-0.25, -0.2) is 9.97 Å². The van der Waals surface area contributed by atoms with E-state index in [1.807, 2.05) is 6.07 Å². The van der Waals surface area contributed by atoms with Gasteiger partial charge in [-0.2, -0.15) is 0 Å². The molecule has 0 saturated heterocycles. The highest BCUT2D eigenvalue weighted by atomic mass is 79.9. The summed E-state index contributed by atoms with van der Waals surface area (Å²) in [6, 6.07) is 2.56. The molecule has 1 aromatic heterocycles. The highest BCUT2D eigenvalue weighted by Crippen LogP contribution is 2.17. The molecular weight excluding hydrogens is 316 g/mol. The summed E-state index contributed by atoms with van der Waals surface area (Å²) in [5.41, 5.74) is 0. The average Bonchev–Trinajstić information content (AvgIpc) is 2.37. The van der Waals surface area contributed by atoms with Crippen LogP contribution < -0.4 is 5.32 Å². The second kappa shape index (κ2) is 8.57. The van der Waals surface area contributed by atoms with Crippen molar-refractivity contribution in [2.24, 2.45) is 0 Å². The van der Waals surface area contributed by atoms with Crippen LogP contribution in [0.4, 0.5) is 5.82 Å². The number of hydrogen-bond acceptors (Lipinski definition) is 4. The van der Waals surface area contributed by atoms with Crippen molar-refractivity contribution in [2.45, 2.75) is 52.5 Å². The lowest BCUT2D eigenvalue weighted by atomic mass is 10.2. The van der Waals surface area contributed by atoms with E-state index in [0.29, 0.717) is 12.0 Å². The van der Waals surface area contributed by atoms with Gasteiger partial charge in [0, 0.05) is 24.6 Å². The van der Waals surface area contributed by atoms with Crippen LogP contribution in [0, 0.1) is 0 Å². The molecule has 1 heterocycles. The fourth-order valence-electron chi connectivity index (χ4n) is 1.74. The Morgan fingerprint density at radius 3 is 2.50 bits per heavy atom. The second-order valence-electron chi connectivity index (χ2n) is 5.80. The van der Waals surface area contributed by atoms with Gasteiger partial charge in [-0.05, 0) is 56.2 Å². The average molecular weight is 343 g/mol. The van der Waals surface area contributed by atoms with E-state index < -0.39 is 0 Å². The molecule has 1 aromatic rings. The third kappa shape index (κ3) is 6.18. The van der Waals surface area contributed by atoms with Crippen molar-refractivity contribution < 1.29 is 0 Å². The van der Waals surface area contributed by atoms with Crippen LogP contribution in [-0.2, 0) is 0 Å². The predicted molar refractivity (Wildman–Crippen MR) is 89.3 cm³/mol. The molecule has 114 valence electrons. The Labute approximate surface area is 131 Å². The highest BCUT2D eigenvalue weighted by Gasteiger charge is 2.06. The van der Waals surface area contributed by atoms with Crippen LogP contribution in [0.1, 0.15) is 52.3 Å². The standard InChI is InChI=1S/C15H27BrN4/c1-11(2)15-18-13(16)10-14(19-15)17-8-6-7-9-20(5)12(3)4/h10-12H,6-9H2,1-5H3,(H,17,18,19). The lowest BCUT2D eigenvalue weighted by molar-refractivity contribution is 0.269. The van der Waals surface area contributed by atoms with Gasteiger partial charge in [0.1, 0.15) is 16.2 Å². The van der Waals surface area contributed by atoms with E-state index in [1.165, 1.54) is 6.42 Å². The summed E-state index contributed by atoms with van der Waals surface area (Å²) in [4.78, 5) is 11.3. The Balaban J connectivity index is 2.35. The van der Waals surface area contributed by atoms with Crippen LogP contribution in [0.3, 0.4) is 0 Å². The van der Waals surface area contributed by atoms with E-state index in [9.17, 15) is 0 Å².